The maximum Gasteiger partial charge on any atom is 0.307 e. The Labute approximate surface area is 240 Å². The van der Waals surface area contributed by atoms with E-state index >= 15 is 0 Å². The van der Waals surface area contributed by atoms with E-state index in [0.717, 1.165) is 64.3 Å². The van der Waals surface area contributed by atoms with Crippen LogP contribution in [-0.4, -0.2) is 29.2 Å². The quantitative estimate of drug-likeness (QED) is 0.309. The first-order valence-electron chi connectivity index (χ1n) is 14.3. The summed E-state index contributed by atoms with van der Waals surface area (Å²) in [5, 5.41) is 19.3. The molecule has 1 heterocycles. The Morgan fingerprint density at radius 1 is 1.00 bits per heavy atom. The summed E-state index contributed by atoms with van der Waals surface area (Å²) in [6, 6.07) is 18.6. The molecule has 5 nitrogen and oxygen atoms in total. The monoisotopic (exact) mass is 553 g/mol. The average Bonchev–Trinajstić information content (AvgIpc) is 3.67. The van der Waals surface area contributed by atoms with E-state index in [1.165, 1.54) is 29.9 Å². The van der Waals surface area contributed by atoms with Crippen LogP contribution in [0.1, 0.15) is 71.1 Å². The van der Waals surface area contributed by atoms with Gasteiger partial charge in [-0.05, 0) is 133 Å². The lowest BCUT2D eigenvalue weighted by Gasteiger charge is -2.22. The Kier molecular flexibility index (Phi) is 7.51. The van der Waals surface area contributed by atoms with Crippen LogP contribution in [0.3, 0.4) is 0 Å². The summed E-state index contributed by atoms with van der Waals surface area (Å²) >= 11 is 2.03. The zero-order chi connectivity index (χ0) is 27.8. The fourth-order valence-electron chi connectivity index (χ4n) is 6.49. The van der Waals surface area contributed by atoms with Crippen LogP contribution in [0.4, 0.5) is 0 Å². The van der Waals surface area contributed by atoms with Crippen LogP contribution in [-0.2, 0) is 11.2 Å². The molecule has 2 aliphatic carbocycles. The Morgan fingerprint density at radius 2 is 1.73 bits per heavy atom. The van der Waals surface area contributed by atoms with Crippen molar-refractivity contribution in [3.63, 3.8) is 0 Å². The number of rotatable bonds is 8. The van der Waals surface area contributed by atoms with Gasteiger partial charge in [0.15, 0.2) is 0 Å². The third-order valence-electron chi connectivity index (χ3n) is 8.75. The minimum Gasteiger partial charge on any atom is -0.493 e. The van der Waals surface area contributed by atoms with Crippen molar-refractivity contribution in [3.8, 4) is 28.7 Å². The van der Waals surface area contributed by atoms with Crippen molar-refractivity contribution in [2.24, 2.45) is 11.8 Å². The molecule has 1 N–H and O–H groups in total. The first-order chi connectivity index (χ1) is 19.4. The Morgan fingerprint density at radius 3 is 2.38 bits per heavy atom. The molecule has 206 valence electrons. The second-order valence-electron chi connectivity index (χ2n) is 11.5. The SMILES string of the molecule is Cc1cc(OCC2CCSCC2)cc(C)c1-c1c(C#N)ccc2c1CCC2Oc1ccc(C2C[C@@H]2C(=O)O)cc1. The van der Waals surface area contributed by atoms with Crippen LogP contribution in [0.15, 0.2) is 48.5 Å². The fraction of sp³-hybridized carbons (Fsp3) is 0.412. The molecule has 2 unspecified atom stereocenters. The van der Waals surface area contributed by atoms with E-state index in [1.54, 1.807) is 0 Å². The largest absolute Gasteiger partial charge is 0.493 e. The van der Waals surface area contributed by atoms with Gasteiger partial charge in [-0.15, -0.1) is 0 Å². The number of carbonyl (C=O) groups is 1. The summed E-state index contributed by atoms with van der Waals surface area (Å²) < 4.78 is 12.7. The summed E-state index contributed by atoms with van der Waals surface area (Å²) in [4.78, 5) is 11.2. The number of benzene rings is 3. The predicted molar refractivity (Wildman–Crippen MR) is 158 cm³/mol. The van der Waals surface area contributed by atoms with Crippen molar-refractivity contribution >= 4 is 17.7 Å². The van der Waals surface area contributed by atoms with E-state index in [1.807, 2.05) is 42.1 Å². The number of nitrogens with zero attached hydrogens (tertiary/aromatic N) is 1. The topological polar surface area (TPSA) is 79.5 Å². The van der Waals surface area contributed by atoms with E-state index in [2.05, 4.69) is 38.1 Å². The Hall–Kier alpha value is -3.43. The van der Waals surface area contributed by atoms with Gasteiger partial charge in [0.2, 0.25) is 0 Å². The van der Waals surface area contributed by atoms with Crippen molar-refractivity contribution < 1.29 is 19.4 Å². The summed E-state index contributed by atoms with van der Waals surface area (Å²) in [5.74, 6) is 3.92. The smallest absolute Gasteiger partial charge is 0.307 e. The van der Waals surface area contributed by atoms with Gasteiger partial charge in [0.1, 0.15) is 17.6 Å². The van der Waals surface area contributed by atoms with Gasteiger partial charge in [-0.2, -0.15) is 17.0 Å². The number of nitriles is 1. The molecule has 3 aromatic carbocycles. The molecule has 0 spiro atoms. The number of carboxylic acid groups (broad SMARTS) is 1. The predicted octanol–water partition coefficient (Wildman–Crippen LogP) is 7.62. The number of aryl methyl sites for hydroxylation is 2. The van der Waals surface area contributed by atoms with Gasteiger partial charge in [-0.1, -0.05) is 18.2 Å². The molecule has 0 amide bonds. The van der Waals surface area contributed by atoms with Crippen molar-refractivity contribution in [2.75, 3.05) is 18.1 Å². The molecule has 3 atom stereocenters. The van der Waals surface area contributed by atoms with E-state index in [-0.39, 0.29) is 17.9 Å². The van der Waals surface area contributed by atoms with Gasteiger partial charge < -0.3 is 14.6 Å². The van der Waals surface area contributed by atoms with Crippen LogP contribution in [0.5, 0.6) is 11.5 Å². The highest BCUT2D eigenvalue weighted by atomic mass is 32.2. The first-order valence-corrected chi connectivity index (χ1v) is 15.5. The van der Waals surface area contributed by atoms with Crippen LogP contribution >= 0.6 is 11.8 Å². The van der Waals surface area contributed by atoms with E-state index in [4.69, 9.17) is 9.47 Å². The number of aliphatic carboxylic acids is 1. The number of ether oxygens (including phenoxy) is 2. The maximum absolute atomic E-state index is 11.2. The van der Waals surface area contributed by atoms with Gasteiger partial charge in [0.25, 0.3) is 0 Å². The summed E-state index contributed by atoms with van der Waals surface area (Å²) in [6.45, 7) is 5.00. The lowest BCUT2D eigenvalue weighted by molar-refractivity contribution is -0.138. The highest BCUT2D eigenvalue weighted by molar-refractivity contribution is 7.99. The Balaban J connectivity index is 1.23. The molecular weight excluding hydrogens is 518 g/mol. The second-order valence-corrected chi connectivity index (χ2v) is 12.7. The number of hydrogen-bond acceptors (Lipinski definition) is 5. The third kappa shape index (κ3) is 5.32. The number of thioether (sulfide) groups is 1. The molecular formula is C34H35NO4S. The minimum atomic E-state index is -0.716. The van der Waals surface area contributed by atoms with Crippen molar-refractivity contribution in [3.05, 3.63) is 81.9 Å². The first kappa shape index (κ1) is 26.8. The van der Waals surface area contributed by atoms with Gasteiger partial charge in [-0.3, -0.25) is 4.79 Å². The summed E-state index contributed by atoms with van der Waals surface area (Å²) in [7, 11) is 0. The summed E-state index contributed by atoms with van der Waals surface area (Å²) in [6.07, 6.45) is 4.77. The molecule has 1 saturated carbocycles. The normalized spacial score (nSPS) is 21.9. The molecule has 1 saturated heterocycles. The van der Waals surface area contributed by atoms with E-state index < -0.39 is 5.97 Å². The van der Waals surface area contributed by atoms with Gasteiger partial charge in [0, 0.05) is 5.56 Å². The van der Waals surface area contributed by atoms with E-state index in [0.29, 0.717) is 17.9 Å². The molecule has 6 rings (SSSR count). The number of hydrogen-bond donors (Lipinski definition) is 1. The number of carboxylic acids is 1. The van der Waals surface area contributed by atoms with Gasteiger partial charge in [-0.25, -0.2) is 0 Å². The Bertz CT molecular complexity index is 1450. The molecule has 0 radical (unpaired) electrons. The van der Waals surface area contributed by atoms with Gasteiger partial charge in [0.05, 0.1) is 24.2 Å². The molecule has 40 heavy (non-hydrogen) atoms. The second kappa shape index (κ2) is 11.2. The summed E-state index contributed by atoms with van der Waals surface area (Å²) in [5.41, 5.74) is 8.49. The van der Waals surface area contributed by atoms with Gasteiger partial charge >= 0.3 is 5.97 Å². The van der Waals surface area contributed by atoms with Crippen LogP contribution in [0.25, 0.3) is 11.1 Å². The zero-order valence-electron chi connectivity index (χ0n) is 23.1. The molecule has 3 aromatic rings. The molecule has 2 fully saturated rings. The van der Waals surface area contributed by atoms with Crippen molar-refractivity contribution in [1.82, 2.24) is 0 Å². The highest BCUT2D eigenvalue weighted by Gasteiger charge is 2.44. The lowest BCUT2D eigenvalue weighted by Crippen LogP contribution is -2.17. The third-order valence-corrected chi connectivity index (χ3v) is 9.80. The molecule has 0 aromatic heterocycles. The molecule has 3 aliphatic rings. The zero-order valence-corrected chi connectivity index (χ0v) is 23.9. The lowest BCUT2D eigenvalue weighted by atomic mass is 9.87. The molecule has 0 bridgehead atoms. The number of fused-ring (bicyclic) bond motifs is 1. The molecule has 6 heteroatoms. The average molecular weight is 554 g/mol. The van der Waals surface area contributed by atoms with Crippen LogP contribution in [0, 0.1) is 37.0 Å². The fourth-order valence-corrected chi connectivity index (χ4v) is 7.69. The van der Waals surface area contributed by atoms with E-state index in [9.17, 15) is 15.2 Å². The van der Waals surface area contributed by atoms with Crippen molar-refractivity contribution in [1.29, 1.82) is 5.26 Å². The standard InChI is InChI=1S/C34H35NO4S/c1-20-15-26(38-19-22-11-13-40-14-12-22)16-21(2)32(20)33-24(18-35)5-8-27-28(33)9-10-31(27)39-25-6-3-23(4-7-25)29-17-30(29)34(36)37/h3-8,15-16,22,29-31H,9-14,17,19H2,1-2H3,(H,36,37)/t29?,30-,31?/m0/s1. The maximum atomic E-state index is 11.2. The van der Waals surface area contributed by atoms with Crippen molar-refractivity contribution in [2.45, 2.75) is 58.0 Å². The minimum absolute atomic E-state index is 0.0862. The van der Waals surface area contributed by atoms with Crippen LogP contribution in [0.2, 0.25) is 0 Å². The van der Waals surface area contributed by atoms with Crippen LogP contribution < -0.4 is 9.47 Å². The molecule has 1 aliphatic heterocycles. The highest BCUT2D eigenvalue weighted by Crippen LogP contribution is 2.48.